The van der Waals surface area contributed by atoms with Crippen LogP contribution in [-0.2, 0) is 0 Å². The third-order valence-corrected chi connectivity index (χ3v) is 10.8. The van der Waals surface area contributed by atoms with Crippen molar-refractivity contribution in [1.82, 2.24) is 4.57 Å². The lowest BCUT2D eigenvalue weighted by Gasteiger charge is -2.27. The van der Waals surface area contributed by atoms with Gasteiger partial charge in [-0.05, 0) is 70.4 Å². The molecule has 0 saturated heterocycles. The van der Waals surface area contributed by atoms with E-state index in [2.05, 4.69) is 191 Å². The van der Waals surface area contributed by atoms with E-state index >= 15 is 0 Å². The minimum Gasteiger partial charge on any atom is -0.454 e. The first-order valence-electron chi connectivity index (χ1n) is 18.1. The third kappa shape index (κ3) is 4.61. The number of hydrogen-bond acceptors (Lipinski definition) is 2. The number of nitrogens with zero attached hydrogens (tertiary/aromatic N) is 2. The molecular weight excluding hydrogens is 645 g/mol. The zero-order valence-electron chi connectivity index (χ0n) is 28.8. The molecule has 0 atom stereocenters. The number of rotatable bonds is 5. The zero-order valence-corrected chi connectivity index (χ0v) is 28.8. The molecule has 0 spiro atoms. The Morgan fingerprint density at radius 3 is 1.87 bits per heavy atom. The van der Waals surface area contributed by atoms with Gasteiger partial charge in [-0.3, -0.25) is 0 Å². The number of hydrogen-bond donors (Lipinski definition) is 0. The van der Waals surface area contributed by atoms with Crippen molar-refractivity contribution in [2.45, 2.75) is 0 Å². The van der Waals surface area contributed by atoms with Crippen LogP contribution in [0.3, 0.4) is 0 Å². The molecule has 0 fully saturated rings. The summed E-state index contributed by atoms with van der Waals surface area (Å²) in [6.07, 6.45) is 0. The summed E-state index contributed by atoms with van der Waals surface area (Å²) in [5.41, 5.74) is 10.8. The summed E-state index contributed by atoms with van der Waals surface area (Å²) >= 11 is 0. The van der Waals surface area contributed by atoms with Crippen LogP contribution in [0, 0.1) is 0 Å². The van der Waals surface area contributed by atoms with Crippen LogP contribution in [0.25, 0.3) is 82.1 Å². The van der Waals surface area contributed by atoms with Crippen molar-refractivity contribution >= 4 is 82.4 Å². The molecule has 9 aromatic carbocycles. The largest absolute Gasteiger partial charge is 0.454 e. The molecule has 248 valence electrons. The number of para-hydroxylation sites is 3. The number of benzene rings is 9. The predicted molar refractivity (Wildman–Crippen MR) is 223 cm³/mol. The van der Waals surface area contributed by atoms with Gasteiger partial charge in [-0.25, -0.2) is 0 Å². The molecule has 3 nitrogen and oxygen atoms in total. The second-order valence-electron chi connectivity index (χ2n) is 13.7. The van der Waals surface area contributed by atoms with Crippen LogP contribution < -0.4 is 4.90 Å². The summed E-state index contributed by atoms with van der Waals surface area (Å²) in [5, 5.41) is 9.60. The zero-order chi connectivity index (χ0) is 34.9. The van der Waals surface area contributed by atoms with Crippen LogP contribution in [0.1, 0.15) is 0 Å². The van der Waals surface area contributed by atoms with Crippen LogP contribution in [0.15, 0.2) is 199 Å². The Morgan fingerprint density at radius 1 is 0.396 bits per heavy atom. The summed E-state index contributed by atoms with van der Waals surface area (Å²) in [7, 11) is 0. The quantitative estimate of drug-likeness (QED) is 0.181. The molecule has 2 aromatic heterocycles. The molecule has 11 aromatic rings. The number of aromatic nitrogens is 1. The van der Waals surface area contributed by atoms with Crippen molar-refractivity contribution in [3.63, 3.8) is 0 Å². The maximum Gasteiger partial charge on any atom is 0.159 e. The van der Waals surface area contributed by atoms with Crippen LogP contribution in [0.2, 0.25) is 0 Å². The normalized spacial score (nSPS) is 11.8. The van der Waals surface area contributed by atoms with E-state index in [0.717, 1.165) is 50.3 Å². The van der Waals surface area contributed by atoms with E-state index in [1.165, 1.54) is 48.9 Å². The molecule has 11 rings (SSSR count). The molecular formula is C50H32N2O. The van der Waals surface area contributed by atoms with E-state index in [-0.39, 0.29) is 0 Å². The van der Waals surface area contributed by atoms with Gasteiger partial charge < -0.3 is 13.9 Å². The van der Waals surface area contributed by atoms with Crippen molar-refractivity contribution in [2.24, 2.45) is 0 Å². The number of anilines is 3. The maximum absolute atomic E-state index is 6.61. The highest BCUT2D eigenvalue weighted by Gasteiger charge is 2.21. The average molecular weight is 677 g/mol. The monoisotopic (exact) mass is 676 g/mol. The molecule has 0 radical (unpaired) electrons. The van der Waals surface area contributed by atoms with Crippen LogP contribution in [0.5, 0.6) is 0 Å². The van der Waals surface area contributed by atoms with Crippen LogP contribution >= 0.6 is 0 Å². The molecule has 0 unspecified atom stereocenters. The summed E-state index contributed by atoms with van der Waals surface area (Å²) in [5.74, 6) is 0. The molecule has 0 aliphatic carbocycles. The van der Waals surface area contributed by atoms with Crippen LogP contribution in [0.4, 0.5) is 17.1 Å². The standard InChI is InChI=1S/C50H32N2O/c1-2-15-37(16-3-1)52-47-32-36(27-30-41(47)43-31-26-35-13-5-7-18-40(35)49(43)52)33-24-28-38(29-25-33)51(45-21-10-14-34-12-4-6-17-39(34)45)46-22-11-20-44-42-19-8-9-23-48(42)53-50(44)46/h1-32H. The highest BCUT2D eigenvalue weighted by molar-refractivity contribution is 6.19. The van der Waals surface area contributed by atoms with Gasteiger partial charge in [-0.2, -0.15) is 0 Å². The van der Waals surface area contributed by atoms with Gasteiger partial charge in [0.25, 0.3) is 0 Å². The highest BCUT2D eigenvalue weighted by Crippen LogP contribution is 2.45. The highest BCUT2D eigenvalue weighted by atomic mass is 16.3. The number of furan rings is 1. The Balaban J connectivity index is 1.10. The second kappa shape index (κ2) is 11.7. The van der Waals surface area contributed by atoms with E-state index < -0.39 is 0 Å². The van der Waals surface area contributed by atoms with Crippen molar-refractivity contribution in [3.8, 4) is 16.8 Å². The van der Waals surface area contributed by atoms with Crippen molar-refractivity contribution < 1.29 is 4.42 Å². The SMILES string of the molecule is c1ccc(-n2c3cc(-c4ccc(N(c5cccc6ccccc56)c5cccc6c5oc5ccccc56)cc4)ccc3c3ccc4ccccc4c32)cc1. The fraction of sp³-hybridized carbons (Fsp3) is 0. The van der Waals surface area contributed by atoms with Gasteiger partial charge in [-0.15, -0.1) is 0 Å². The second-order valence-corrected chi connectivity index (χ2v) is 13.7. The van der Waals surface area contributed by atoms with E-state index in [0.29, 0.717) is 0 Å². The smallest absolute Gasteiger partial charge is 0.159 e. The minimum atomic E-state index is 0.873. The van der Waals surface area contributed by atoms with E-state index in [1.54, 1.807) is 0 Å². The van der Waals surface area contributed by atoms with Gasteiger partial charge >= 0.3 is 0 Å². The minimum absolute atomic E-state index is 0.873. The van der Waals surface area contributed by atoms with Crippen LogP contribution in [-0.4, -0.2) is 4.57 Å². The fourth-order valence-electron chi connectivity index (χ4n) is 8.33. The Hall–Kier alpha value is -7.10. The Labute approximate surface area is 306 Å². The summed E-state index contributed by atoms with van der Waals surface area (Å²) in [4.78, 5) is 2.35. The Bertz CT molecular complexity index is 3160. The fourth-order valence-corrected chi connectivity index (χ4v) is 8.33. The maximum atomic E-state index is 6.61. The van der Waals surface area contributed by atoms with Crippen molar-refractivity contribution in [1.29, 1.82) is 0 Å². The molecule has 0 bridgehead atoms. The topological polar surface area (TPSA) is 21.3 Å². The molecule has 0 saturated carbocycles. The lowest BCUT2D eigenvalue weighted by atomic mass is 10.0. The van der Waals surface area contributed by atoms with E-state index in [9.17, 15) is 0 Å². The first-order valence-corrected chi connectivity index (χ1v) is 18.1. The lowest BCUT2D eigenvalue weighted by Crippen LogP contribution is -2.10. The summed E-state index contributed by atoms with van der Waals surface area (Å²) in [6.45, 7) is 0. The third-order valence-electron chi connectivity index (χ3n) is 10.8. The molecule has 0 aliphatic rings. The molecule has 3 heteroatoms. The van der Waals surface area contributed by atoms with E-state index in [4.69, 9.17) is 4.42 Å². The lowest BCUT2D eigenvalue weighted by molar-refractivity contribution is 0.669. The average Bonchev–Trinajstić information content (AvgIpc) is 3.78. The van der Waals surface area contributed by atoms with Gasteiger partial charge in [0.1, 0.15) is 5.58 Å². The number of fused-ring (bicyclic) bond motifs is 9. The molecule has 53 heavy (non-hydrogen) atoms. The first-order chi connectivity index (χ1) is 26.3. The predicted octanol–water partition coefficient (Wildman–Crippen LogP) is 14.1. The Kier molecular flexibility index (Phi) is 6.55. The van der Waals surface area contributed by atoms with Gasteiger partial charge in [0.2, 0.25) is 0 Å². The van der Waals surface area contributed by atoms with Gasteiger partial charge in [-0.1, -0.05) is 146 Å². The summed E-state index contributed by atoms with van der Waals surface area (Å²) in [6, 6.07) is 69.7. The van der Waals surface area contributed by atoms with Gasteiger partial charge in [0, 0.05) is 43.7 Å². The summed E-state index contributed by atoms with van der Waals surface area (Å²) < 4.78 is 9.04. The van der Waals surface area contributed by atoms with Crippen molar-refractivity contribution in [2.75, 3.05) is 4.90 Å². The first kappa shape index (κ1) is 29.6. The van der Waals surface area contributed by atoms with E-state index in [1.807, 2.05) is 12.1 Å². The molecule has 0 N–H and O–H groups in total. The van der Waals surface area contributed by atoms with Gasteiger partial charge in [0.05, 0.1) is 22.4 Å². The molecule has 0 amide bonds. The van der Waals surface area contributed by atoms with Crippen molar-refractivity contribution in [3.05, 3.63) is 194 Å². The Morgan fingerprint density at radius 2 is 1.02 bits per heavy atom. The van der Waals surface area contributed by atoms with Gasteiger partial charge in [0.15, 0.2) is 5.58 Å². The molecule has 2 heterocycles. The molecule has 0 aliphatic heterocycles.